The van der Waals surface area contributed by atoms with Gasteiger partial charge in [0.25, 0.3) is 0 Å². The van der Waals surface area contributed by atoms with Crippen LogP contribution in [0.5, 0.6) is 0 Å². The first-order chi connectivity index (χ1) is 7.98. The second-order valence-corrected chi connectivity index (χ2v) is 5.15. The van der Waals surface area contributed by atoms with E-state index in [1.165, 1.54) is 0 Å². The largest absolute Gasteiger partial charge is 0.396 e. The van der Waals surface area contributed by atoms with Crippen LogP contribution in [0.25, 0.3) is 0 Å². The van der Waals surface area contributed by atoms with Gasteiger partial charge in [-0.3, -0.25) is 0 Å². The average molecular weight is 232 g/mol. The minimum Gasteiger partial charge on any atom is -0.396 e. The highest BCUT2D eigenvalue weighted by Crippen LogP contribution is 2.23. The van der Waals surface area contributed by atoms with Crippen molar-refractivity contribution in [2.75, 3.05) is 18.5 Å². The van der Waals surface area contributed by atoms with E-state index in [0.717, 1.165) is 24.2 Å². The summed E-state index contributed by atoms with van der Waals surface area (Å²) >= 11 is 0. The van der Waals surface area contributed by atoms with Gasteiger partial charge in [0.2, 0.25) is 0 Å². The van der Waals surface area contributed by atoms with Gasteiger partial charge >= 0.3 is 0 Å². The summed E-state index contributed by atoms with van der Waals surface area (Å²) in [5.74, 6) is 0. The monoisotopic (exact) mass is 232 g/mol. The molecule has 1 aromatic rings. The molecule has 0 aliphatic heterocycles. The second-order valence-electron chi connectivity index (χ2n) is 5.15. The van der Waals surface area contributed by atoms with Gasteiger partial charge in [0, 0.05) is 13.2 Å². The van der Waals surface area contributed by atoms with Crippen molar-refractivity contribution in [2.45, 2.75) is 27.2 Å². The molecular weight excluding hydrogens is 212 g/mol. The van der Waals surface area contributed by atoms with Gasteiger partial charge in [-0.15, -0.1) is 0 Å². The van der Waals surface area contributed by atoms with Crippen LogP contribution in [0, 0.1) is 23.7 Å². The van der Waals surface area contributed by atoms with Crippen molar-refractivity contribution in [3.63, 3.8) is 0 Å². The minimum atomic E-state index is 0.0191. The Bertz CT molecular complexity index is 419. The van der Waals surface area contributed by atoms with Crippen LogP contribution in [0.4, 0.5) is 5.69 Å². The summed E-state index contributed by atoms with van der Waals surface area (Å²) in [5.41, 5.74) is 2.69. The van der Waals surface area contributed by atoms with Crippen molar-refractivity contribution >= 4 is 5.69 Å². The van der Waals surface area contributed by atoms with Gasteiger partial charge in [-0.25, -0.2) is 0 Å². The zero-order chi connectivity index (χ0) is 12.9. The number of nitrogens with zero attached hydrogens (tertiary/aromatic N) is 1. The van der Waals surface area contributed by atoms with Gasteiger partial charge in [0.15, 0.2) is 0 Å². The fourth-order valence-corrected chi connectivity index (χ4v) is 1.63. The van der Waals surface area contributed by atoms with Crippen molar-refractivity contribution in [1.29, 1.82) is 5.26 Å². The standard InChI is InChI=1S/C14H20N2O/c1-11-4-5-12(9-15)13(8-11)16-10-14(2,3)6-7-17/h4-5,8,16-17H,6-7,10H2,1-3H3. The van der Waals surface area contributed by atoms with Crippen molar-refractivity contribution in [3.05, 3.63) is 29.3 Å². The third-order valence-electron chi connectivity index (χ3n) is 2.84. The highest BCUT2D eigenvalue weighted by atomic mass is 16.3. The molecule has 0 atom stereocenters. The first-order valence-electron chi connectivity index (χ1n) is 5.84. The zero-order valence-corrected chi connectivity index (χ0v) is 10.7. The normalized spacial score (nSPS) is 11.0. The maximum Gasteiger partial charge on any atom is 0.101 e. The lowest BCUT2D eigenvalue weighted by Gasteiger charge is -2.25. The maximum atomic E-state index is 9.01. The summed E-state index contributed by atoms with van der Waals surface area (Å²) in [6.07, 6.45) is 0.744. The Hall–Kier alpha value is -1.53. The molecule has 0 saturated carbocycles. The van der Waals surface area contributed by atoms with E-state index in [4.69, 9.17) is 10.4 Å². The minimum absolute atomic E-state index is 0.0191. The lowest BCUT2D eigenvalue weighted by atomic mass is 9.89. The second kappa shape index (κ2) is 5.70. The van der Waals surface area contributed by atoms with E-state index in [2.05, 4.69) is 25.2 Å². The van der Waals surface area contributed by atoms with E-state index >= 15 is 0 Å². The predicted octanol–water partition coefficient (Wildman–Crippen LogP) is 2.69. The van der Waals surface area contributed by atoms with E-state index in [1.807, 2.05) is 25.1 Å². The third kappa shape index (κ3) is 4.08. The van der Waals surface area contributed by atoms with Crippen molar-refractivity contribution < 1.29 is 5.11 Å². The number of aryl methyl sites for hydroxylation is 1. The lowest BCUT2D eigenvalue weighted by Crippen LogP contribution is -2.24. The molecule has 3 heteroatoms. The Morgan fingerprint density at radius 2 is 2.12 bits per heavy atom. The number of hydrogen-bond acceptors (Lipinski definition) is 3. The summed E-state index contributed by atoms with van der Waals surface area (Å²) in [6.45, 7) is 7.13. The van der Waals surface area contributed by atoms with Gasteiger partial charge in [-0.2, -0.15) is 5.26 Å². The molecule has 0 spiro atoms. The molecule has 0 bridgehead atoms. The fraction of sp³-hybridized carbons (Fsp3) is 0.500. The number of aliphatic hydroxyl groups excluding tert-OH is 1. The summed E-state index contributed by atoms with van der Waals surface area (Å²) < 4.78 is 0. The SMILES string of the molecule is Cc1ccc(C#N)c(NCC(C)(C)CCO)c1. The van der Waals surface area contributed by atoms with Gasteiger partial charge in [0.05, 0.1) is 11.3 Å². The fourth-order valence-electron chi connectivity index (χ4n) is 1.63. The third-order valence-corrected chi connectivity index (χ3v) is 2.84. The van der Waals surface area contributed by atoms with Crippen molar-refractivity contribution in [1.82, 2.24) is 0 Å². The molecule has 1 aromatic carbocycles. The molecule has 0 radical (unpaired) electrons. The number of benzene rings is 1. The molecule has 1 rings (SSSR count). The predicted molar refractivity (Wildman–Crippen MR) is 69.9 cm³/mol. The summed E-state index contributed by atoms with van der Waals surface area (Å²) in [4.78, 5) is 0. The summed E-state index contributed by atoms with van der Waals surface area (Å²) in [6, 6.07) is 7.92. The number of nitrogens with one attached hydrogen (secondary N) is 1. The average Bonchev–Trinajstić information content (AvgIpc) is 2.27. The Morgan fingerprint density at radius 1 is 1.41 bits per heavy atom. The van der Waals surface area contributed by atoms with Gasteiger partial charge in [-0.05, 0) is 36.5 Å². The van der Waals surface area contributed by atoms with Crippen LogP contribution in [0.2, 0.25) is 0 Å². The van der Waals surface area contributed by atoms with Crippen LogP contribution in [-0.4, -0.2) is 18.3 Å². The molecule has 2 N–H and O–H groups in total. The van der Waals surface area contributed by atoms with Gasteiger partial charge in [-0.1, -0.05) is 19.9 Å². The molecule has 0 amide bonds. The Morgan fingerprint density at radius 3 is 2.71 bits per heavy atom. The van der Waals surface area contributed by atoms with Crippen LogP contribution in [0.15, 0.2) is 18.2 Å². The highest BCUT2D eigenvalue weighted by molar-refractivity contribution is 5.58. The number of rotatable bonds is 5. The summed E-state index contributed by atoms with van der Waals surface area (Å²) in [5, 5.41) is 21.3. The number of hydrogen-bond donors (Lipinski definition) is 2. The molecule has 0 saturated heterocycles. The lowest BCUT2D eigenvalue weighted by molar-refractivity contribution is 0.220. The molecule has 17 heavy (non-hydrogen) atoms. The number of anilines is 1. The number of nitriles is 1. The maximum absolute atomic E-state index is 9.01. The topological polar surface area (TPSA) is 56.0 Å². The van der Waals surface area contributed by atoms with Crippen LogP contribution in [0.1, 0.15) is 31.4 Å². The van der Waals surface area contributed by atoms with Crippen LogP contribution in [0.3, 0.4) is 0 Å². The Balaban J connectivity index is 2.75. The van der Waals surface area contributed by atoms with Gasteiger partial charge < -0.3 is 10.4 Å². The van der Waals surface area contributed by atoms with Crippen LogP contribution in [-0.2, 0) is 0 Å². The van der Waals surface area contributed by atoms with Gasteiger partial charge in [0.1, 0.15) is 6.07 Å². The molecule has 0 heterocycles. The van der Waals surface area contributed by atoms with E-state index in [-0.39, 0.29) is 12.0 Å². The quantitative estimate of drug-likeness (QED) is 0.820. The number of aliphatic hydroxyl groups is 1. The Kier molecular flexibility index (Phi) is 4.53. The molecule has 0 aromatic heterocycles. The smallest absolute Gasteiger partial charge is 0.101 e. The molecule has 3 nitrogen and oxygen atoms in total. The highest BCUT2D eigenvalue weighted by Gasteiger charge is 2.17. The molecule has 0 aliphatic carbocycles. The molecule has 0 aliphatic rings. The van der Waals surface area contributed by atoms with Crippen molar-refractivity contribution in [3.8, 4) is 6.07 Å². The van der Waals surface area contributed by atoms with Crippen LogP contribution >= 0.6 is 0 Å². The van der Waals surface area contributed by atoms with E-state index in [9.17, 15) is 0 Å². The molecule has 92 valence electrons. The zero-order valence-electron chi connectivity index (χ0n) is 10.7. The first kappa shape index (κ1) is 13.5. The van der Waals surface area contributed by atoms with Crippen molar-refractivity contribution in [2.24, 2.45) is 5.41 Å². The van der Waals surface area contributed by atoms with E-state index in [0.29, 0.717) is 5.56 Å². The molecular formula is C14H20N2O. The molecule has 0 fully saturated rings. The van der Waals surface area contributed by atoms with E-state index in [1.54, 1.807) is 0 Å². The summed E-state index contributed by atoms with van der Waals surface area (Å²) in [7, 11) is 0. The first-order valence-corrected chi connectivity index (χ1v) is 5.84. The van der Waals surface area contributed by atoms with Crippen LogP contribution < -0.4 is 5.32 Å². The van der Waals surface area contributed by atoms with E-state index < -0.39 is 0 Å². The molecule has 0 unspecified atom stereocenters. The Labute approximate surface area is 103 Å².